The number of urea groups is 1. The van der Waals surface area contributed by atoms with E-state index in [0.717, 1.165) is 0 Å². The fourth-order valence-corrected chi connectivity index (χ4v) is 4.60. The number of anilines is 2. The second-order valence-electron chi connectivity index (χ2n) is 6.28. The smallest absolute Gasteiger partial charge is 0.312 e. The van der Waals surface area contributed by atoms with Crippen LogP contribution in [0, 0.1) is 0 Å². The second-order valence-corrected chi connectivity index (χ2v) is 9.33. The zero-order valence-electron chi connectivity index (χ0n) is 16.8. The van der Waals surface area contributed by atoms with Gasteiger partial charge in [0.2, 0.25) is 5.91 Å². The number of benzene rings is 2. The molecule has 0 heterocycles. The van der Waals surface area contributed by atoms with Crippen molar-refractivity contribution >= 4 is 56.7 Å². The first-order valence-electron chi connectivity index (χ1n) is 8.99. The number of carbonyl (C=O) groups is 2. The number of carbonyl (C=O) groups excluding carboxylic acids is 2. The highest BCUT2D eigenvalue weighted by atomic mass is 35.5. The number of rotatable bonds is 10. The standard InChI is InChI=1S/C19H23ClN4O5S2/c1-29-16-8-7-12(22-18(25)15(9-10-30-2)23-19(21)26)11-17(16)31(27,28)24-14-6-4-3-5-13(14)20/h3-8,11,15,24H,9-10H2,1-2H3,(H,22,25)(H3,21,23,26). The van der Waals surface area contributed by atoms with Crippen molar-refractivity contribution in [2.24, 2.45) is 5.73 Å². The Hall–Kier alpha value is -2.63. The van der Waals surface area contributed by atoms with Gasteiger partial charge in [-0.2, -0.15) is 11.8 Å². The molecule has 9 nitrogen and oxygen atoms in total. The Morgan fingerprint density at radius 3 is 2.55 bits per heavy atom. The summed E-state index contributed by atoms with van der Waals surface area (Å²) in [5.41, 5.74) is 5.55. The lowest BCUT2D eigenvalue weighted by Gasteiger charge is -2.18. The van der Waals surface area contributed by atoms with Crippen LogP contribution in [-0.2, 0) is 14.8 Å². The van der Waals surface area contributed by atoms with E-state index in [2.05, 4.69) is 15.4 Å². The van der Waals surface area contributed by atoms with E-state index in [-0.39, 0.29) is 27.0 Å². The molecule has 0 radical (unpaired) electrons. The molecule has 0 fully saturated rings. The van der Waals surface area contributed by atoms with E-state index >= 15 is 0 Å². The van der Waals surface area contributed by atoms with Gasteiger partial charge < -0.3 is 21.1 Å². The lowest BCUT2D eigenvalue weighted by molar-refractivity contribution is -0.117. The van der Waals surface area contributed by atoms with Crippen LogP contribution in [0.15, 0.2) is 47.4 Å². The summed E-state index contributed by atoms with van der Waals surface area (Å²) in [6.45, 7) is 0. The van der Waals surface area contributed by atoms with Crippen molar-refractivity contribution in [3.8, 4) is 5.75 Å². The van der Waals surface area contributed by atoms with Crippen LogP contribution in [0.1, 0.15) is 6.42 Å². The minimum atomic E-state index is -4.09. The molecule has 0 saturated carbocycles. The average molecular weight is 487 g/mol. The summed E-state index contributed by atoms with van der Waals surface area (Å²) in [7, 11) is -2.76. The van der Waals surface area contributed by atoms with Crippen molar-refractivity contribution < 1.29 is 22.7 Å². The number of sulfonamides is 1. The molecule has 2 aromatic rings. The van der Waals surface area contributed by atoms with Crippen LogP contribution in [0.4, 0.5) is 16.2 Å². The Bertz CT molecular complexity index is 1050. The third-order valence-electron chi connectivity index (χ3n) is 4.08. The molecule has 3 amide bonds. The first kappa shape index (κ1) is 24.6. The molecule has 0 aliphatic heterocycles. The molecule has 0 aliphatic carbocycles. The maximum Gasteiger partial charge on any atom is 0.312 e. The summed E-state index contributed by atoms with van der Waals surface area (Å²) >= 11 is 7.55. The highest BCUT2D eigenvalue weighted by molar-refractivity contribution is 7.98. The monoisotopic (exact) mass is 486 g/mol. The Kier molecular flexibility index (Phi) is 8.84. The van der Waals surface area contributed by atoms with Gasteiger partial charge in [0.15, 0.2) is 0 Å². The van der Waals surface area contributed by atoms with Crippen LogP contribution < -0.4 is 25.8 Å². The number of hydrogen-bond donors (Lipinski definition) is 4. The largest absolute Gasteiger partial charge is 0.495 e. The lowest BCUT2D eigenvalue weighted by atomic mass is 10.2. The fraction of sp³-hybridized carbons (Fsp3) is 0.263. The zero-order chi connectivity index (χ0) is 23.0. The van der Waals surface area contributed by atoms with Gasteiger partial charge in [0.25, 0.3) is 10.0 Å². The molecular weight excluding hydrogens is 464 g/mol. The van der Waals surface area contributed by atoms with Crippen molar-refractivity contribution in [2.75, 3.05) is 29.2 Å². The molecule has 2 rings (SSSR count). The number of para-hydroxylation sites is 1. The fourth-order valence-electron chi connectivity index (χ4n) is 2.61. The van der Waals surface area contributed by atoms with Gasteiger partial charge in [-0.05, 0) is 48.8 Å². The molecule has 168 valence electrons. The van der Waals surface area contributed by atoms with Crippen LogP contribution >= 0.6 is 23.4 Å². The van der Waals surface area contributed by atoms with Crippen molar-refractivity contribution in [1.82, 2.24) is 5.32 Å². The molecule has 1 atom stereocenters. The Morgan fingerprint density at radius 2 is 1.94 bits per heavy atom. The molecule has 0 bridgehead atoms. The molecule has 2 aromatic carbocycles. The number of halogens is 1. The summed E-state index contributed by atoms with van der Waals surface area (Å²) in [6.07, 6.45) is 2.22. The summed E-state index contributed by atoms with van der Waals surface area (Å²) < 4.78 is 33.5. The highest BCUT2D eigenvalue weighted by Crippen LogP contribution is 2.30. The number of nitrogens with one attached hydrogen (secondary N) is 3. The van der Waals surface area contributed by atoms with E-state index in [4.69, 9.17) is 22.1 Å². The summed E-state index contributed by atoms with van der Waals surface area (Å²) in [5, 5.41) is 5.21. The lowest BCUT2D eigenvalue weighted by Crippen LogP contribution is -2.46. The SMILES string of the molecule is COc1ccc(NC(=O)C(CCSC)NC(N)=O)cc1S(=O)(=O)Nc1ccccc1Cl. The summed E-state index contributed by atoms with van der Waals surface area (Å²) in [6, 6.07) is 8.83. The van der Waals surface area contributed by atoms with Gasteiger partial charge in [0.05, 0.1) is 17.8 Å². The van der Waals surface area contributed by atoms with Crippen LogP contribution in [0.2, 0.25) is 5.02 Å². The van der Waals surface area contributed by atoms with Crippen LogP contribution in [0.3, 0.4) is 0 Å². The van der Waals surface area contributed by atoms with Crippen LogP contribution in [0.25, 0.3) is 0 Å². The molecule has 0 saturated heterocycles. The quantitative estimate of drug-likeness (QED) is 0.407. The van der Waals surface area contributed by atoms with Crippen LogP contribution in [-0.4, -0.2) is 45.5 Å². The molecule has 0 aromatic heterocycles. The summed E-state index contributed by atoms with van der Waals surface area (Å²) in [5.74, 6) is 0.162. The van der Waals surface area contributed by atoms with Gasteiger partial charge in [0.1, 0.15) is 16.7 Å². The van der Waals surface area contributed by atoms with Gasteiger partial charge in [0, 0.05) is 5.69 Å². The van der Waals surface area contributed by atoms with Gasteiger partial charge in [-0.3, -0.25) is 9.52 Å². The number of methoxy groups -OCH3 is 1. The second kappa shape index (κ2) is 11.1. The number of hydrogen-bond acceptors (Lipinski definition) is 6. The topological polar surface area (TPSA) is 140 Å². The number of ether oxygens (including phenoxy) is 1. The minimum Gasteiger partial charge on any atom is -0.495 e. The minimum absolute atomic E-state index is 0.0757. The summed E-state index contributed by atoms with van der Waals surface area (Å²) in [4.78, 5) is 23.6. The van der Waals surface area contributed by atoms with Gasteiger partial charge in [-0.1, -0.05) is 23.7 Å². The first-order valence-corrected chi connectivity index (χ1v) is 12.2. The molecule has 0 spiro atoms. The maximum absolute atomic E-state index is 13.0. The Morgan fingerprint density at radius 1 is 1.23 bits per heavy atom. The van der Waals surface area contributed by atoms with E-state index in [1.165, 1.54) is 43.1 Å². The van der Waals surface area contributed by atoms with Crippen molar-refractivity contribution in [3.05, 3.63) is 47.5 Å². The van der Waals surface area contributed by atoms with E-state index in [9.17, 15) is 18.0 Å². The van der Waals surface area contributed by atoms with E-state index < -0.39 is 28.0 Å². The van der Waals surface area contributed by atoms with Crippen LogP contribution in [0.5, 0.6) is 5.75 Å². The Labute approximate surface area is 190 Å². The molecule has 12 heteroatoms. The molecular formula is C19H23ClN4O5S2. The van der Waals surface area contributed by atoms with E-state index in [1.807, 2.05) is 6.26 Å². The zero-order valence-corrected chi connectivity index (χ0v) is 19.2. The third-order valence-corrected chi connectivity index (χ3v) is 6.44. The number of amides is 3. The van der Waals surface area contributed by atoms with Crippen molar-refractivity contribution in [3.63, 3.8) is 0 Å². The third kappa shape index (κ3) is 6.94. The van der Waals surface area contributed by atoms with Crippen molar-refractivity contribution in [1.29, 1.82) is 0 Å². The number of thioether (sulfide) groups is 1. The number of primary amides is 1. The van der Waals surface area contributed by atoms with Gasteiger partial charge in [-0.25, -0.2) is 13.2 Å². The Balaban J connectivity index is 2.31. The van der Waals surface area contributed by atoms with Gasteiger partial charge >= 0.3 is 6.03 Å². The average Bonchev–Trinajstić information content (AvgIpc) is 2.72. The van der Waals surface area contributed by atoms with E-state index in [0.29, 0.717) is 12.2 Å². The van der Waals surface area contributed by atoms with Crippen molar-refractivity contribution in [2.45, 2.75) is 17.4 Å². The first-order chi connectivity index (χ1) is 14.7. The predicted octanol–water partition coefficient (Wildman–Crippen LogP) is 2.88. The molecule has 5 N–H and O–H groups in total. The molecule has 31 heavy (non-hydrogen) atoms. The predicted molar refractivity (Wildman–Crippen MR) is 123 cm³/mol. The highest BCUT2D eigenvalue weighted by Gasteiger charge is 2.24. The van der Waals surface area contributed by atoms with E-state index in [1.54, 1.807) is 18.2 Å². The molecule has 0 aliphatic rings. The van der Waals surface area contributed by atoms with Gasteiger partial charge in [-0.15, -0.1) is 0 Å². The maximum atomic E-state index is 13.0. The normalized spacial score (nSPS) is 12.0. The number of nitrogens with two attached hydrogens (primary N) is 1. The molecule has 1 unspecified atom stereocenters.